The number of benzene rings is 3. The topological polar surface area (TPSA) is 125 Å². The number of aromatic amines is 1. The Morgan fingerprint density at radius 2 is 1.68 bits per heavy atom. The number of halogens is 1. The fourth-order valence-electron chi connectivity index (χ4n) is 4.21. The summed E-state index contributed by atoms with van der Waals surface area (Å²) in [6.07, 6.45) is 1.40. The summed E-state index contributed by atoms with van der Waals surface area (Å²) in [6.45, 7) is 8.76. The largest absolute Gasteiger partial charge is 0.481 e. The molecule has 0 spiro atoms. The Bertz CT molecular complexity index is 1860. The van der Waals surface area contributed by atoms with Crippen LogP contribution in [0, 0.1) is 13.8 Å². The Balaban J connectivity index is 0.000000714. The van der Waals surface area contributed by atoms with Crippen molar-refractivity contribution in [2.24, 2.45) is 0 Å². The molecule has 0 saturated heterocycles. The van der Waals surface area contributed by atoms with Crippen LogP contribution in [0.15, 0.2) is 70.4 Å². The van der Waals surface area contributed by atoms with E-state index in [9.17, 15) is 19.5 Å². The highest BCUT2D eigenvalue weighted by Gasteiger charge is 2.20. The zero-order chi connectivity index (χ0) is 30.1. The van der Waals surface area contributed by atoms with Gasteiger partial charge < -0.3 is 10.2 Å². The molecule has 0 bridgehead atoms. The summed E-state index contributed by atoms with van der Waals surface area (Å²) in [5.41, 5.74) is 4.41. The highest BCUT2D eigenvalue weighted by atomic mass is 35.5. The number of rotatable bonds is 5. The molecule has 0 radical (unpaired) electrons. The fraction of sp³-hybridized carbons (Fsp3) is 0.226. The number of hydrogen-bond donors (Lipinski definition) is 3. The second-order valence-electron chi connectivity index (χ2n) is 10.7. The lowest BCUT2D eigenvalue weighted by molar-refractivity contribution is -0.136. The maximum Gasteiger partial charge on any atom is 0.332 e. The van der Waals surface area contributed by atoms with E-state index in [1.807, 2.05) is 43.3 Å². The molecule has 5 rings (SSSR count). The molecule has 5 aromatic rings. The van der Waals surface area contributed by atoms with Crippen molar-refractivity contribution < 1.29 is 15.0 Å². The molecule has 3 N–H and O–H groups in total. The predicted octanol–water partition coefficient (Wildman–Crippen LogP) is 6.14. The molecule has 0 amide bonds. The molecule has 8 nitrogen and oxygen atoms in total. The fourth-order valence-corrected chi connectivity index (χ4v) is 5.47. The van der Waals surface area contributed by atoms with E-state index < -0.39 is 22.8 Å². The zero-order valence-electron chi connectivity index (χ0n) is 23.3. The number of aromatic nitrogens is 3. The molecular weight excluding hydrogens is 562 g/mol. The summed E-state index contributed by atoms with van der Waals surface area (Å²) in [5.74, 6) is -0.910. The minimum atomic E-state index is -0.910. The van der Waals surface area contributed by atoms with Gasteiger partial charge in [-0.2, -0.15) is 0 Å². The first-order valence-electron chi connectivity index (χ1n) is 12.8. The van der Waals surface area contributed by atoms with Crippen LogP contribution >= 0.6 is 22.9 Å². The predicted molar refractivity (Wildman–Crippen MR) is 165 cm³/mol. The van der Waals surface area contributed by atoms with Gasteiger partial charge in [0, 0.05) is 27.9 Å². The second kappa shape index (κ2) is 11.8. The van der Waals surface area contributed by atoms with Gasteiger partial charge >= 0.3 is 11.7 Å². The van der Waals surface area contributed by atoms with Crippen LogP contribution in [0.25, 0.3) is 37.6 Å². The molecule has 0 aliphatic rings. The van der Waals surface area contributed by atoms with Crippen molar-refractivity contribution in [3.63, 3.8) is 0 Å². The lowest BCUT2D eigenvalue weighted by Crippen LogP contribution is -2.29. The second-order valence-corrected chi connectivity index (χ2v) is 12.1. The summed E-state index contributed by atoms with van der Waals surface area (Å²) < 4.78 is 2.26. The number of carboxylic acids is 1. The van der Waals surface area contributed by atoms with E-state index >= 15 is 0 Å². The number of carboxylic acid groups (broad SMARTS) is 1. The minimum Gasteiger partial charge on any atom is -0.481 e. The molecule has 2 heterocycles. The number of thiazole rings is 1. The summed E-state index contributed by atoms with van der Waals surface area (Å²) in [5, 5.41) is 19.4. The van der Waals surface area contributed by atoms with Crippen molar-refractivity contribution in [1.29, 1.82) is 0 Å². The third-order valence-corrected chi connectivity index (χ3v) is 7.35. The van der Waals surface area contributed by atoms with Crippen molar-refractivity contribution in [2.45, 2.75) is 46.6 Å². The number of aryl methyl sites for hydroxylation is 2. The first kappa shape index (κ1) is 29.9. The van der Waals surface area contributed by atoms with Gasteiger partial charge in [0.15, 0.2) is 0 Å². The number of nitrogens with one attached hydrogen (secondary N) is 1. The normalized spacial score (nSPS) is 11.3. The number of carbonyl (C=O) groups is 1. The van der Waals surface area contributed by atoms with E-state index in [4.69, 9.17) is 21.7 Å². The lowest BCUT2D eigenvalue weighted by atomic mass is 9.93. The van der Waals surface area contributed by atoms with Gasteiger partial charge in [-0.1, -0.05) is 35.9 Å². The molecule has 3 aromatic carbocycles. The summed E-state index contributed by atoms with van der Waals surface area (Å²) in [6, 6.07) is 16.6. The average molecular weight is 592 g/mol. The van der Waals surface area contributed by atoms with Crippen LogP contribution in [0.1, 0.15) is 37.5 Å². The standard InChI is InChI=1S/C27H20ClN3O4S.C4H10O/c1-14-10-21-24(23(20(14)12-22(32)33)16-6-8-18(28)9-7-16)36-26(29-21)17-4-3-5-19(11-17)31-13-15(2)25(34)30-27(31)35;1-4(2,3)5/h3-11,13H,12H2,1-2H3,(H,32,33)(H,30,34,35);5H,1-3H3. The molecule has 212 valence electrons. The number of nitrogens with zero attached hydrogens (tertiary/aromatic N) is 2. The highest BCUT2D eigenvalue weighted by molar-refractivity contribution is 7.22. The van der Waals surface area contributed by atoms with Crippen molar-refractivity contribution in [3.8, 4) is 27.4 Å². The van der Waals surface area contributed by atoms with Gasteiger partial charge in [0.25, 0.3) is 5.56 Å². The summed E-state index contributed by atoms with van der Waals surface area (Å²) >= 11 is 7.56. The van der Waals surface area contributed by atoms with Crippen LogP contribution in [0.3, 0.4) is 0 Å². The molecule has 2 aromatic heterocycles. The van der Waals surface area contributed by atoms with E-state index in [0.29, 0.717) is 16.3 Å². The number of fused-ring (bicyclic) bond motifs is 1. The molecule has 41 heavy (non-hydrogen) atoms. The van der Waals surface area contributed by atoms with Crippen molar-refractivity contribution in [2.75, 3.05) is 0 Å². The van der Waals surface area contributed by atoms with Crippen LogP contribution in [0.5, 0.6) is 0 Å². The number of aliphatic hydroxyl groups is 1. The number of hydrogen-bond acceptors (Lipinski definition) is 6. The van der Waals surface area contributed by atoms with E-state index in [0.717, 1.165) is 43.0 Å². The SMILES string of the molecule is CC(C)(C)O.Cc1cc2nc(-c3cccc(-n4cc(C)c(=O)[nH]c4=O)c3)sc2c(-c2ccc(Cl)cc2)c1CC(=O)O. The third kappa shape index (κ3) is 7.18. The monoisotopic (exact) mass is 591 g/mol. The van der Waals surface area contributed by atoms with Crippen LogP contribution in [-0.2, 0) is 11.2 Å². The van der Waals surface area contributed by atoms with Gasteiger partial charge in [-0.25, -0.2) is 9.78 Å². The molecule has 0 aliphatic heterocycles. The van der Waals surface area contributed by atoms with Crippen LogP contribution in [-0.4, -0.2) is 36.3 Å². The molecule has 0 unspecified atom stereocenters. The zero-order valence-corrected chi connectivity index (χ0v) is 24.9. The van der Waals surface area contributed by atoms with E-state index in [1.54, 1.807) is 45.9 Å². The highest BCUT2D eigenvalue weighted by Crippen LogP contribution is 2.41. The lowest BCUT2D eigenvalue weighted by Gasteiger charge is -2.13. The minimum absolute atomic E-state index is 0.114. The quantitative estimate of drug-likeness (QED) is 0.225. The maximum absolute atomic E-state index is 12.4. The number of aliphatic carboxylic acids is 1. The van der Waals surface area contributed by atoms with Crippen LogP contribution in [0.2, 0.25) is 5.02 Å². The third-order valence-electron chi connectivity index (χ3n) is 5.96. The Kier molecular flexibility index (Phi) is 8.63. The Morgan fingerprint density at radius 3 is 2.32 bits per heavy atom. The van der Waals surface area contributed by atoms with Crippen molar-refractivity contribution in [3.05, 3.63) is 103 Å². The summed E-state index contributed by atoms with van der Waals surface area (Å²) in [4.78, 5) is 43.1. The Hall–Kier alpha value is -4.05. The molecular formula is C31H30ClN3O5S. The van der Waals surface area contributed by atoms with Gasteiger partial charge in [-0.3, -0.25) is 19.1 Å². The molecule has 0 fully saturated rings. The Morgan fingerprint density at radius 1 is 1.02 bits per heavy atom. The average Bonchev–Trinajstić information content (AvgIpc) is 3.30. The molecule has 0 saturated carbocycles. The van der Waals surface area contributed by atoms with Gasteiger partial charge in [0.2, 0.25) is 0 Å². The van der Waals surface area contributed by atoms with Gasteiger partial charge in [-0.05, 0) is 81.6 Å². The summed E-state index contributed by atoms with van der Waals surface area (Å²) in [7, 11) is 0. The number of H-pyrrole nitrogens is 1. The first-order chi connectivity index (χ1) is 19.2. The van der Waals surface area contributed by atoms with Crippen molar-refractivity contribution in [1.82, 2.24) is 14.5 Å². The van der Waals surface area contributed by atoms with Gasteiger partial charge in [-0.15, -0.1) is 11.3 Å². The Labute approximate surface area is 245 Å². The van der Waals surface area contributed by atoms with E-state index in [1.165, 1.54) is 22.1 Å². The molecule has 0 atom stereocenters. The maximum atomic E-state index is 12.4. The first-order valence-corrected chi connectivity index (χ1v) is 14.0. The van der Waals surface area contributed by atoms with Gasteiger partial charge in [0.1, 0.15) is 5.01 Å². The van der Waals surface area contributed by atoms with Crippen LogP contribution in [0.4, 0.5) is 0 Å². The van der Waals surface area contributed by atoms with Crippen LogP contribution < -0.4 is 11.2 Å². The molecule has 10 heteroatoms. The van der Waals surface area contributed by atoms with E-state index in [-0.39, 0.29) is 6.42 Å². The van der Waals surface area contributed by atoms with Crippen molar-refractivity contribution >= 4 is 39.1 Å². The molecule has 0 aliphatic carbocycles. The van der Waals surface area contributed by atoms with E-state index in [2.05, 4.69) is 4.98 Å². The van der Waals surface area contributed by atoms with Gasteiger partial charge in [0.05, 0.1) is 27.9 Å². The smallest absolute Gasteiger partial charge is 0.332 e.